The number of benzene rings is 1. The molecule has 1 atom stereocenters. The standard InChI is InChI=1S/C11H10ClI2NO4/c12-4-9(16)15-8(11(18)19)3-5-1-6(13)10(17)7(14)2-5/h1-2,8,17H,3-4H2,(H,15,16)(H,18,19)/t8-/m0/s1. The quantitative estimate of drug-likeness (QED) is 0.419. The van der Waals surface area contributed by atoms with Crippen LogP contribution in [0.3, 0.4) is 0 Å². The van der Waals surface area contributed by atoms with Crippen molar-refractivity contribution in [3.63, 3.8) is 0 Å². The Bertz CT molecular complexity index is 486. The Balaban J connectivity index is 2.91. The maximum absolute atomic E-state index is 11.2. The summed E-state index contributed by atoms with van der Waals surface area (Å²) in [4.78, 5) is 22.2. The molecule has 19 heavy (non-hydrogen) atoms. The van der Waals surface area contributed by atoms with E-state index in [1.807, 2.05) is 45.2 Å². The van der Waals surface area contributed by atoms with Gasteiger partial charge in [0, 0.05) is 6.42 Å². The van der Waals surface area contributed by atoms with Crippen LogP contribution in [0, 0.1) is 7.14 Å². The highest BCUT2D eigenvalue weighted by Crippen LogP contribution is 2.27. The van der Waals surface area contributed by atoms with Crippen LogP contribution in [0.25, 0.3) is 0 Å². The molecule has 1 rings (SSSR count). The van der Waals surface area contributed by atoms with Crippen molar-refractivity contribution in [3.8, 4) is 5.75 Å². The molecular formula is C11H10ClI2NO4. The largest absolute Gasteiger partial charge is 0.506 e. The summed E-state index contributed by atoms with van der Waals surface area (Å²) in [5.74, 6) is -1.77. The van der Waals surface area contributed by atoms with Gasteiger partial charge in [0.1, 0.15) is 17.7 Å². The summed E-state index contributed by atoms with van der Waals surface area (Å²) in [5.41, 5.74) is 0.717. The smallest absolute Gasteiger partial charge is 0.326 e. The van der Waals surface area contributed by atoms with E-state index in [2.05, 4.69) is 5.32 Å². The number of aromatic hydroxyl groups is 1. The zero-order valence-corrected chi connectivity index (χ0v) is 14.6. The van der Waals surface area contributed by atoms with Crippen LogP contribution in [-0.4, -0.2) is 34.0 Å². The number of phenols is 1. The highest BCUT2D eigenvalue weighted by atomic mass is 127. The maximum atomic E-state index is 11.2. The maximum Gasteiger partial charge on any atom is 0.326 e. The first-order valence-electron chi connectivity index (χ1n) is 5.10. The van der Waals surface area contributed by atoms with E-state index in [-0.39, 0.29) is 18.1 Å². The number of aliphatic carboxylic acids is 1. The van der Waals surface area contributed by atoms with E-state index in [1.165, 1.54) is 0 Å². The molecule has 0 aliphatic rings. The van der Waals surface area contributed by atoms with Crippen LogP contribution in [0.4, 0.5) is 0 Å². The van der Waals surface area contributed by atoms with Crippen LogP contribution in [0.15, 0.2) is 12.1 Å². The number of carbonyl (C=O) groups excluding carboxylic acids is 1. The first-order chi connectivity index (χ1) is 8.85. The molecule has 5 nitrogen and oxygen atoms in total. The lowest BCUT2D eigenvalue weighted by molar-refractivity contribution is -0.141. The highest BCUT2D eigenvalue weighted by Gasteiger charge is 2.20. The Kier molecular flexibility index (Phi) is 6.60. The van der Waals surface area contributed by atoms with Crippen molar-refractivity contribution >= 4 is 68.7 Å². The van der Waals surface area contributed by atoms with Gasteiger partial charge >= 0.3 is 5.97 Å². The Labute approximate surface area is 142 Å². The first-order valence-corrected chi connectivity index (χ1v) is 7.79. The molecule has 0 aromatic heterocycles. The topological polar surface area (TPSA) is 86.6 Å². The molecular weight excluding hydrogens is 499 g/mol. The van der Waals surface area contributed by atoms with Gasteiger partial charge in [-0.15, -0.1) is 11.6 Å². The average Bonchev–Trinajstić information content (AvgIpc) is 2.34. The molecule has 1 amide bonds. The number of nitrogens with one attached hydrogen (secondary N) is 1. The third-order valence-electron chi connectivity index (χ3n) is 2.27. The minimum atomic E-state index is -1.13. The van der Waals surface area contributed by atoms with Crippen molar-refractivity contribution in [1.82, 2.24) is 5.32 Å². The second-order valence-corrected chi connectivity index (χ2v) is 6.30. The molecule has 0 unspecified atom stereocenters. The monoisotopic (exact) mass is 509 g/mol. The SMILES string of the molecule is O=C(CCl)N[C@@H](Cc1cc(I)c(O)c(I)c1)C(=O)O. The Morgan fingerprint density at radius 1 is 1.32 bits per heavy atom. The van der Waals surface area contributed by atoms with E-state index >= 15 is 0 Å². The van der Waals surface area contributed by atoms with Crippen molar-refractivity contribution in [3.05, 3.63) is 24.8 Å². The van der Waals surface area contributed by atoms with E-state index in [9.17, 15) is 14.7 Å². The fraction of sp³-hybridized carbons (Fsp3) is 0.273. The van der Waals surface area contributed by atoms with Gasteiger partial charge in [0.25, 0.3) is 0 Å². The zero-order chi connectivity index (χ0) is 14.6. The Hall–Kier alpha value is -0.290. The van der Waals surface area contributed by atoms with Crippen molar-refractivity contribution in [2.24, 2.45) is 0 Å². The van der Waals surface area contributed by atoms with Gasteiger partial charge in [0.15, 0.2) is 0 Å². The number of carboxylic acids is 1. The predicted octanol–water partition coefficient (Wildman–Crippen LogP) is 1.95. The number of halogens is 3. The van der Waals surface area contributed by atoms with Gasteiger partial charge in [-0.2, -0.15) is 0 Å². The third-order valence-corrected chi connectivity index (χ3v) is 4.16. The van der Waals surface area contributed by atoms with Gasteiger partial charge in [-0.3, -0.25) is 4.79 Å². The molecule has 1 aromatic rings. The van der Waals surface area contributed by atoms with Crippen LogP contribution in [0.2, 0.25) is 0 Å². The van der Waals surface area contributed by atoms with E-state index < -0.39 is 17.9 Å². The van der Waals surface area contributed by atoms with Gasteiger partial charge in [0.05, 0.1) is 7.14 Å². The molecule has 0 bridgehead atoms. The van der Waals surface area contributed by atoms with E-state index in [1.54, 1.807) is 12.1 Å². The van der Waals surface area contributed by atoms with Gasteiger partial charge in [0.2, 0.25) is 5.91 Å². The first kappa shape index (κ1) is 16.8. The number of hydrogen-bond acceptors (Lipinski definition) is 3. The van der Waals surface area contributed by atoms with Crippen LogP contribution in [0.5, 0.6) is 5.75 Å². The molecule has 0 aliphatic carbocycles. The summed E-state index contributed by atoms with van der Waals surface area (Å²) in [7, 11) is 0. The van der Waals surface area contributed by atoms with E-state index in [0.717, 1.165) is 0 Å². The average molecular weight is 509 g/mol. The Morgan fingerprint density at radius 2 is 1.84 bits per heavy atom. The second kappa shape index (κ2) is 7.48. The van der Waals surface area contributed by atoms with Crippen molar-refractivity contribution in [2.45, 2.75) is 12.5 Å². The molecule has 0 spiro atoms. The van der Waals surface area contributed by atoms with Gasteiger partial charge in [-0.1, -0.05) is 0 Å². The van der Waals surface area contributed by atoms with Crippen molar-refractivity contribution < 1.29 is 19.8 Å². The van der Waals surface area contributed by atoms with Crippen LogP contribution in [0.1, 0.15) is 5.56 Å². The molecule has 104 valence electrons. The number of hydrogen-bond donors (Lipinski definition) is 3. The normalized spacial score (nSPS) is 11.9. The second-order valence-electron chi connectivity index (χ2n) is 3.70. The van der Waals surface area contributed by atoms with Crippen molar-refractivity contribution in [1.29, 1.82) is 0 Å². The minimum absolute atomic E-state index is 0.129. The number of carboxylic acid groups (broad SMARTS) is 1. The van der Waals surface area contributed by atoms with Gasteiger partial charge in [-0.25, -0.2) is 4.79 Å². The molecule has 0 heterocycles. The van der Waals surface area contributed by atoms with E-state index in [0.29, 0.717) is 12.7 Å². The molecule has 1 aromatic carbocycles. The lowest BCUT2D eigenvalue weighted by atomic mass is 10.1. The molecule has 3 N–H and O–H groups in total. The summed E-state index contributed by atoms with van der Waals surface area (Å²) < 4.78 is 1.26. The van der Waals surface area contributed by atoms with Gasteiger partial charge < -0.3 is 15.5 Å². The number of alkyl halides is 1. The lowest BCUT2D eigenvalue weighted by Gasteiger charge is -2.14. The minimum Gasteiger partial charge on any atom is -0.506 e. The molecule has 0 fully saturated rings. The number of phenolic OH excluding ortho intramolecular Hbond substituents is 1. The van der Waals surface area contributed by atoms with Crippen LogP contribution >= 0.6 is 56.8 Å². The third kappa shape index (κ3) is 4.95. The summed E-state index contributed by atoms with van der Waals surface area (Å²) in [6.07, 6.45) is 0.129. The lowest BCUT2D eigenvalue weighted by Crippen LogP contribution is -2.42. The summed E-state index contributed by atoms with van der Waals surface area (Å²) >= 11 is 9.26. The molecule has 8 heteroatoms. The summed E-state index contributed by atoms with van der Waals surface area (Å²) in [6, 6.07) is 2.32. The van der Waals surface area contributed by atoms with Crippen LogP contribution < -0.4 is 5.32 Å². The number of amides is 1. The number of rotatable bonds is 5. The Morgan fingerprint density at radius 3 is 2.26 bits per heavy atom. The molecule has 0 aliphatic heterocycles. The summed E-state index contributed by atoms with van der Waals surface area (Å²) in [6.45, 7) is 0. The van der Waals surface area contributed by atoms with Gasteiger partial charge in [-0.05, 0) is 62.9 Å². The fourth-order valence-electron chi connectivity index (χ4n) is 1.40. The van der Waals surface area contributed by atoms with Crippen LogP contribution in [-0.2, 0) is 16.0 Å². The fourth-order valence-corrected chi connectivity index (χ4v) is 3.38. The summed E-state index contributed by atoms with van der Waals surface area (Å²) in [5, 5.41) is 21.0. The molecule has 0 radical (unpaired) electrons. The number of carbonyl (C=O) groups is 2. The van der Waals surface area contributed by atoms with Crippen molar-refractivity contribution in [2.75, 3.05) is 5.88 Å². The highest BCUT2D eigenvalue weighted by molar-refractivity contribution is 14.1. The van der Waals surface area contributed by atoms with E-state index in [4.69, 9.17) is 16.7 Å². The zero-order valence-electron chi connectivity index (χ0n) is 9.49. The molecule has 0 saturated carbocycles. The molecule has 0 saturated heterocycles. The predicted molar refractivity (Wildman–Crippen MR) is 87.5 cm³/mol.